The summed E-state index contributed by atoms with van der Waals surface area (Å²) in [5.41, 5.74) is 0.707. The first kappa shape index (κ1) is 18.4. The van der Waals surface area contributed by atoms with Crippen molar-refractivity contribution in [3.63, 3.8) is 0 Å². The Morgan fingerprint density at radius 2 is 1.81 bits per heavy atom. The third-order valence-electron chi connectivity index (χ3n) is 4.67. The van der Waals surface area contributed by atoms with E-state index in [4.69, 9.17) is 4.84 Å². The molecular weight excluding hydrogens is 348 g/mol. The number of oxime groups is 1. The monoisotopic (exact) mass is 366 g/mol. The van der Waals surface area contributed by atoms with Crippen LogP contribution < -0.4 is 0 Å². The molecule has 2 aromatic rings. The molecule has 0 aliphatic carbocycles. The molecule has 0 bridgehead atoms. The van der Waals surface area contributed by atoms with Crippen molar-refractivity contribution in [3.8, 4) is 0 Å². The van der Waals surface area contributed by atoms with Crippen LogP contribution in [0.4, 0.5) is 5.69 Å². The summed E-state index contributed by atoms with van der Waals surface area (Å²) in [5.74, 6) is -0.550. The Balaban J connectivity index is 2.02. The average Bonchev–Trinajstić information content (AvgIpc) is 2.97. The van der Waals surface area contributed by atoms with Gasteiger partial charge in [-0.1, -0.05) is 35.5 Å². The van der Waals surface area contributed by atoms with E-state index >= 15 is 0 Å². The summed E-state index contributed by atoms with van der Waals surface area (Å²) in [6.07, 6.45) is 0.787. The third-order valence-corrected chi connectivity index (χ3v) is 4.67. The fraction of sp³-hybridized carbons (Fsp3) is 0.250. The molecule has 1 atom stereocenters. The number of nitrogens with zero attached hydrogens (tertiary/aromatic N) is 2. The van der Waals surface area contributed by atoms with Crippen LogP contribution in [0.3, 0.4) is 0 Å². The molecule has 0 radical (unpaired) electrons. The van der Waals surface area contributed by atoms with Crippen LogP contribution in [-0.4, -0.2) is 22.4 Å². The summed E-state index contributed by atoms with van der Waals surface area (Å²) in [4.78, 5) is 39.7. The van der Waals surface area contributed by atoms with Crippen molar-refractivity contribution in [1.29, 1.82) is 0 Å². The second kappa shape index (κ2) is 7.49. The molecule has 1 heterocycles. The maximum atomic E-state index is 12.7. The smallest absolute Gasteiger partial charge is 0.317 e. The number of carbonyl (C=O) groups excluding carboxylic acids is 2. The van der Waals surface area contributed by atoms with Crippen LogP contribution in [0.2, 0.25) is 0 Å². The molecular formula is C20H18N2O5. The molecule has 0 unspecified atom stereocenters. The quantitative estimate of drug-likeness (QED) is 0.424. The maximum Gasteiger partial charge on any atom is 0.347 e. The van der Waals surface area contributed by atoms with E-state index in [0.29, 0.717) is 17.7 Å². The van der Waals surface area contributed by atoms with Crippen LogP contribution >= 0.6 is 0 Å². The highest BCUT2D eigenvalue weighted by molar-refractivity contribution is 6.18. The summed E-state index contributed by atoms with van der Waals surface area (Å²) < 4.78 is 0. The number of non-ortho nitro benzene ring substituents is 1. The van der Waals surface area contributed by atoms with E-state index in [9.17, 15) is 19.7 Å². The lowest BCUT2D eigenvalue weighted by Gasteiger charge is -2.26. The highest BCUT2D eigenvalue weighted by Gasteiger charge is 2.50. The van der Waals surface area contributed by atoms with Crippen LogP contribution in [0.15, 0.2) is 59.8 Å². The second-order valence-corrected chi connectivity index (χ2v) is 6.57. The van der Waals surface area contributed by atoms with E-state index in [2.05, 4.69) is 5.16 Å². The van der Waals surface area contributed by atoms with Gasteiger partial charge < -0.3 is 9.63 Å². The Bertz CT molecular complexity index is 906. The van der Waals surface area contributed by atoms with E-state index in [-0.39, 0.29) is 24.3 Å². The normalized spacial score (nSPS) is 18.7. The van der Waals surface area contributed by atoms with E-state index in [1.165, 1.54) is 19.1 Å². The van der Waals surface area contributed by atoms with Crippen molar-refractivity contribution >= 4 is 23.2 Å². The van der Waals surface area contributed by atoms with Gasteiger partial charge in [-0.3, -0.25) is 10.1 Å². The number of nitro benzene ring substituents is 1. The lowest BCUT2D eigenvalue weighted by atomic mass is 9.72. The maximum absolute atomic E-state index is 12.7. The van der Waals surface area contributed by atoms with Crippen LogP contribution in [0, 0.1) is 15.5 Å². The summed E-state index contributed by atoms with van der Waals surface area (Å²) in [7, 11) is 0. The third kappa shape index (κ3) is 3.76. The van der Waals surface area contributed by atoms with Gasteiger partial charge in [-0.2, -0.15) is 0 Å². The summed E-state index contributed by atoms with van der Waals surface area (Å²) >= 11 is 0. The number of Topliss-reactive ketones (excluding diaryl/α,β-unsaturated/α-hetero) is 1. The standard InChI is InChI=1S/C20H18N2O5/c1-14(23)11-12-20(13-15-5-3-2-4-6-15)18(21-27-19(20)24)16-7-9-17(10-8-16)22(25)26/h2-10H,11-13H2,1H3/t20-/m0/s1. The summed E-state index contributed by atoms with van der Waals surface area (Å²) in [6.45, 7) is 1.47. The molecule has 27 heavy (non-hydrogen) atoms. The van der Waals surface area contributed by atoms with Gasteiger partial charge in [0.15, 0.2) is 0 Å². The topological polar surface area (TPSA) is 98.9 Å². The Morgan fingerprint density at radius 1 is 1.15 bits per heavy atom. The molecule has 3 rings (SSSR count). The molecule has 7 heteroatoms. The van der Waals surface area contributed by atoms with Crippen molar-refractivity contribution in [2.24, 2.45) is 10.6 Å². The molecule has 0 saturated carbocycles. The number of carbonyl (C=O) groups is 2. The number of hydrogen-bond acceptors (Lipinski definition) is 6. The molecule has 7 nitrogen and oxygen atoms in total. The molecule has 1 aliphatic rings. The zero-order valence-corrected chi connectivity index (χ0v) is 14.8. The molecule has 0 aromatic heterocycles. The minimum absolute atomic E-state index is 0.0369. The fourth-order valence-corrected chi connectivity index (χ4v) is 3.23. The zero-order chi connectivity index (χ0) is 19.4. The van der Waals surface area contributed by atoms with Gasteiger partial charge in [0.2, 0.25) is 0 Å². The van der Waals surface area contributed by atoms with Gasteiger partial charge >= 0.3 is 5.97 Å². The number of benzene rings is 2. The molecule has 0 saturated heterocycles. The largest absolute Gasteiger partial charge is 0.347 e. The first-order chi connectivity index (χ1) is 12.9. The van der Waals surface area contributed by atoms with E-state index < -0.39 is 16.3 Å². The predicted octanol–water partition coefficient (Wildman–Crippen LogP) is 3.45. The zero-order valence-electron chi connectivity index (χ0n) is 14.8. The number of hydrogen-bond donors (Lipinski definition) is 0. The number of rotatable bonds is 7. The van der Waals surface area contributed by atoms with Gasteiger partial charge in [0.05, 0.1) is 4.92 Å². The Labute approximate surface area is 155 Å². The Morgan fingerprint density at radius 3 is 2.41 bits per heavy atom. The van der Waals surface area contributed by atoms with Crippen LogP contribution in [-0.2, 0) is 20.8 Å². The van der Waals surface area contributed by atoms with Gasteiger partial charge in [-0.05, 0) is 37.5 Å². The van der Waals surface area contributed by atoms with E-state index in [1.807, 2.05) is 30.3 Å². The lowest BCUT2D eigenvalue weighted by molar-refractivity contribution is -0.384. The fourth-order valence-electron chi connectivity index (χ4n) is 3.23. The van der Waals surface area contributed by atoms with Gasteiger partial charge in [0.1, 0.15) is 16.9 Å². The van der Waals surface area contributed by atoms with Crippen molar-refractivity contribution in [3.05, 3.63) is 75.8 Å². The molecule has 0 spiro atoms. The molecule has 2 aromatic carbocycles. The van der Waals surface area contributed by atoms with Crippen molar-refractivity contribution in [2.75, 3.05) is 0 Å². The van der Waals surface area contributed by atoms with Crippen LogP contribution in [0.25, 0.3) is 0 Å². The van der Waals surface area contributed by atoms with Gasteiger partial charge in [-0.15, -0.1) is 0 Å². The van der Waals surface area contributed by atoms with Crippen molar-refractivity contribution < 1.29 is 19.3 Å². The lowest BCUT2D eigenvalue weighted by Crippen LogP contribution is -2.38. The number of nitro groups is 1. The van der Waals surface area contributed by atoms with Gasteiger partial charge in [0, 0.05) is 24.1 Å². The van der Waals surface area contributed by atoms with Crippen LogP contribution in [0.1, 0.15) is 30.9 Å². The van der Waals surface area contributed by atoms with Crippen molar-refractivity contribution in [1.82, 2.24) is 0 Å². The number of ketones is 1. The minimum atomic E-state index is -1.11. The first-order valence-electron chi connectivity index (χ1n) is 8.50. The molecule has 0 amide bonds. The summed E-state index contributed by atoms with van der Waals surface area (Å²) in [6, 6.07) is 15.2. The average molecular weight is 366 g/mol. The van der Waals surface area contributed by atoms with Gasteiger partial charge in [0.25, 0.3) is 5.69 Å². The van der Waals surface area contributed by atoms with Crippen LogP contribution in [0.5, 0.6) is 0 Å². The Hall–Kier alpha value is -3.35. The molecule has 138 valence electrons. The van der Waals surface area contributed by atoms with E-state index in [0.717, 1.165) is 5.56 Å². The molecule has 0 N–H and O–H groups in total. The predicted molar refractivity (Wildman–Crippen MR) is 98.2 cm³/mol. The van der Waals surface area contributed by atoms with E-state index in [1.54, 1.807) is 12.1 Å². The summed E-state index contributed by atoms with van der Waals surface area (Å²) in [5, 5.41) is 14.9. The Kier molecular flexibility index (Phi) is 5.12. The molecule has 0 fully saturated rings. The second-order valence-electron chi connectivity index (χ2n) is 6.57. The SMILES string of the molecule is CC(=O)CC[C@@]1(Cc2ccccc2)C(=O)ON=C1c1ccc([N+](=O)[O-])cc1. The minimum Gasteiger partial charge on any atom is -0.317 e. The molecule has 1 aliphatic heterocycles. The first-order valence-corrected chi connectivity index (χ1v) is 8.50. The highest BCUT2D eigenvalue weighted by Crippen LogP contribution is 2.39. The highest BCUT2D eigenvalue weighted by atomic mass is 16.7. The van der Waals surface area contributed by atoms with Gasteiger partial charge in [-0.25, -0.2) is 4.79 Å². The van der Waals surface area contributed by atoms with Crippen molar-refractivity contribution in [2.45, 2.75) is 26.2 Å².